The number of benzene rings is 2. The van der Waals surface area contributed by atoms with E-state index in [-0.39, 0.29) is 5.43 Å². The first kappa shape index (κ1) is 11.3. The Bertz CT molecular complexity index is 803. The predicted molar refractivity (Wildman–Crippen MR) is 74.4 cm³/mol. The molecule has 0 aliphatic heterocycles. The molecule has 90 valence electrons. The number of para-hydroxylation sites is 1. The van der Waals surface area contributed by atoms with Crippen molar-refractivity contribution in [2.45, 2.75) is 13.3 Å². The molecule has 3 heteroatoms. The lowest BCUT2D eigenvalue weighted by atomic mass is 10.0. The second kappa shape index (κ2) is 4.14. The Hall–Kier alpha value is -1.80. The zero-order valence-electron chi connectivity index (χ0n) is 9.87. The van der Waals surface area contributed by atoms with E-state index in [0.29, 0.717) is 27.0 Å². The number of fused-ring (bicyclic) bond motifs is 2. The predicted octanol–water partition coefficient (Wildman–Crippen LogP) is 4.16. The van der Waals surface area contributed by atoms with Gasteiger partial charge in [0, 0.05) is 0 Å². The Balaban J connectivity index is 2.64. The molecule has 0 amide bonds. The molecule has 18 heavy (non-hydrogen) atoms. The van der Waals surface area contributed by atoms with Crippen molar-refractivity contribution in [3.8, 4) is 0 Å². The first-order valence-corrected chi connectivity index (χ1v) is 6.23. The van der Waals surface area contributed by atoms with E-state index in [4.69, 9.17) is 16.0 Å². The molecule has 0 fully saturated rings. The van der Waals surface area contributed by atoms with Crippen LogP contribution < -0.4 is 5.43 Å². The second-order valence-corrected chi connectivity index (χ2v) is 4.60. The van der Waals surface area contributed by atoms with Gasteiger partial charge in [0.15, 0.2) is 5.58 Å². The minimum atomic E-state index is -0.00815. The summed E-state index contributed by atoms with van der Waals surface area (Å²) in [7, 11) is 0. The first-order chi connectivity index (χ1) is 8.72. The fraction of sp³-hybridized carbons (Fsp3) is 0.133. The van der Waals surface area contributed by atoms with Gasteiger partial charge in [-0.25, -0.2) is 0 Å². The van der Waals surface area contributed by atoms with Gasteiger partial charge in [0.25, 0.3) is 0 Å². The average Bonchev–Trinajstić information content (AvgIpc) is 2.40. The van der Waals surface area contributed by atoms with E-state index in [2.05, 4.69) is 0 Å². The van der Waals surface area contributed by atoms with Gasteiger partial charge in [-0.2, -0.15) is 0 Å². The maximum absolute atomic E-state index is 12.5. The van der Waals surface area contributed by atoms with Crippen LogP contribution in [0.15, 0.2) is 45.6 Å². The fourth-order valence-electron chi connectivity index (χ4n) is 2.23. The van der Waals surface area contributed by atoms with E-state index in [1.54, 1.807) is 18.2 Å². The van der Waals surface area contributed by atoms with Crippen LogP contribution in [0.4, 0.5) is 0 Å². The topological polar surface area (TPSA) is 30.2 Å². The van der Waals surface area contributed by atoms with E-state index in [1.807, 2.05) is 25.1 Å². The molecule has 0 N–H and O–H groups in total. The molecule has 0 saturated carbocycles. The Labute approximate surface area is 109 Å². The van der Waals surface area contributed by atoms with Gasteiger partial charge in [-0.3, -0.25) is 4.79 Å². The van der Waals surface area contributed by atoms with Crippen LogP contribution in [-0.2, 0) is 6.42 Å². The molecule has 0 unspecified atom stereocenters. The molecule has 1 heterocycles. The Morgan fingerprint density at radius 2 is 1.94 bits per heavy atom. The van der Waals surface area contributed by atoms with Crippen LogP contribution in [-0.4, -0.2) is 0 Å². The largest absolute Gasteiger partial charge is 0.454 e. The molecule has 2 nitrogen and oxygen atoms in total. The molecule has 1 aromatic heterocycles. The van der Waals surface area contributed by atoms with Gasteiger partial charge in [-0.15, -0.1) is 0 Å². The molecular weight excluding hydrogens is 248 g/mol. The first-order valence-electron chi connectivity index (χ1n) is 5.85. The smallest absolute Gasteiger partial charge is 0.200 e. The molecule has 0 bridgehead atoms. The number of hydrogen-bond donors (Lipinski definition) is 0. The Kier molecular flexibility index (Phi) is 2.60. The Morgan fingerprint density at radius 1 is 1.17 bits per heavy atom. The van der Waals surface area contributed by atoms with E-state index in [9.17, 15) is 4.79 Å². The van der Waals surface area contributed by atoms with Crippen LogP contribution in [0.2, 0.25) is 5.02 Å². The van der Waals surface area contributed by atoms with Gasteiger partial charge >= 0.3 is 0 Å². The highest BCUT2D eigenvalue weighted by atomic mass is 35.5. The zero-order valence-corrected chi connectivity index (χ0v) is 10.6. The average molecular weight is 259 g/mol. The van der Waals surface area contributed by atoms with Gasteiger partial charge in [-0.1, -0.05) is 36.7 Å². The van der Waals surface area contributed by atoms with Crippen molar-refractivity contribution in [1.82, 2.24) is 0 Å². The van der Waals surface area contributed by atoms with Crippen LogP contribution in [0.1, 0.15) is 12.5 Å². The van der Waals surface area contributed by atoms with Crippen molar-refractivity contribution in [2.75, 3.05) is 0 Å². The normalized spacial score (nSPS) is 11.2. The van der Waals surface area contributed by atoms with Crippen molar-refractivity contribution in [3.05, 3.63) is 57.2 Å². The fourth-order valence-corrected chi connectivity index (χ4v) is 2.43. The maximum Gasteiger partial charge on any atom is 0.200 e. The van der Waals surface area contributed by atoms with Gasteiger partial charge in [0.05, 0.1) is 15.8 Å². The van der Waals surface area contributed by atoms with Gasteiger partial charge in [-0.05, 0) is 30.2 Å². The third kappa shape index (κ3) is 1.53. The van der Waals surface area contributed by atoms with Gasteiger partial charge < -0.3 is 4.42 Å². The summed E-state index contributed by atoms with van der Waals surface area (Å²) in [6, 6.07) is 10.9. The number of rotatable bonds is 1. The summed E-state index contributed by atoms with van der Waals surface area (Å²) in [6.45, 7) is 2.01. The lowest BCUT2D eigenvalue weighted by molar-refractivity contribution is 0.659. The van der Waals surface area contributed by atoms with E-state index in [1.165, 1.54) is 0 Å². The van der Waals surface area contributed by atoms with E-state index in [0.717, 1.165) is 12.0 Å². The van der Waals surface area contributed by atoms with Gasteiger partial charge in [0.2, 0.25) is 5.43 Å². The minimum absolute atomic E-state index is 0.00815. The molecule has 3 rings (SSSR count). The number of halogens is 1. The third-order valence-corrected chi connectivity index (χ3v) is 3.45. The zero-order chi connectivity index (χ0) is 12.7. The minimum Gasteiger partial charge on any atom is -0.454 e. The third-order valence-electron chi connectivity index (χ3n) is 3.15. The molecular formula is C15H11ClO2. The summed E-state index contributed by atoms with van der Waals surface area (Å²) in [5.74, 6) is 0. The molecule has 0 radical (unpaired) electrons. The monoisotopic (exact) mass is 258 g/mol. The molecule has 0 atom stereocenters. The van der Waals surface area contributed by atoms with Crippen molar-refractivity contribution in [1.29, 1.82) is 0 Å². The summed E-state index contributed by atoms with van der Waals surface area (Å²) < 4.78 is 5.77. The lowest BCUT2D eigenvalue weighted by Crippen LogP contribution is -2.05. The quantitative estimate of drug-likeness (QED) is 0.614. The maximum atomic E-state index is 12.5. The van der Waals surface area contributed by atoms with Crippen LogP contribution >= 0.6 is 11.6 Å². The standard InChI is InChI=1S/C15H11ClO2/c1-2-9-7-8-11(16)15-13(9)14(17)10-5-3-4-6-12(10)18-15/h3-8H,2H2,1H3. The van der Waals surface area contributed by atoms with E-state index >= 15 is 0 Å². The van der Waals surface area contributed by atoms with E-state index < -0.39 is 0 Å². The molecule has 0 aliphatic rings. The van der Waals surface area contributed by atoms with Crippen LogP contribution in [0.5, 0.6) is 0 Å². The highest BCUT2D eigenvalue weighted by Gasteiger charge is 2.12. The van der Waals surface area contributed by atoms with Crippen LogP contribution in [0, 0.1) is 0 Å². The van der Waals surface area contributed by atoms with Crippen LogP contribution in [0.25, 0.3) is 21.9 Å². The van der Waals surface area contributed by atoms with Crippen molar-refractivity contribution in [2.24, 2.45) is 0 Å². The molecule has 0 spiro atoms. The highest BCUT2D eigenvalue weighted by molar-refractivity contribution is 6.35. The number of aryl methyl sites for hydroxylation is 1. The summed E-state index contributed by atoms with van der Waals surface area (Å²) >= 11 is 6.13. The summed E-state index contributed by atoms with van der Waals surface area (Å²) in [5.41, 5.74) is 2.02. The molecule has 0 aliphatic carbocycles. The molecule has 3 aromatic rings. The van der Waals surface area contributed by atoms with Crippen molar-refractivity contribution >= 4 is 33.5 Å². The SMILES string of the molecule is CCc1ccc(Cl)c2oc3ccccc3c(=O)c12. The molecule has 0 saturated heterocycles. The highest BCUT2D eigenvalue weighted by Crippen LogP contribution is 2.27. The van der Waals surface area contributed by atoms with Crippen LogP contribution in [0.3, 0.4) is 0 Å². The van der Waals surface area contributed by atoms with Crippen molar-refractivity contribution < 1.29 is 4.42 Å². The molecule has 2 aromatic carbocycles. The Morgan fingerprint density at radius 3 is 2.72 bits per heavy atom. The summed E-state index contributed by atoms with van der Waals surface area (Å²) in [5, 5.41) is 1.68. The lowest BCUT2D eigenvalue weighted by Gasteiger charge is -2.06. The van der Waals surface area contributed by atoms with Gasteiger partial charge in [0.1, 0.15) is 5.58 Å². The summed E-state index contributed by atoms with van der Waals surface area (Å²) in [6.07, 6.45) is 0.775. The number of hydrogen-bond acceptors (Lipinski definition) is 2. The second-order valence-electron chi connectivity index (χ2n) is 4.19. The summed E-state index contributed by atoms with van der Waals surface area (Å²) in [4.78, 5) is 12.5. The van der Waals surface area contributed by atoms with Crippen molar-refractivity contribution in [3.63, 3.8) is 0 Å².